The van der Waals surface area contributed by atoms with Gasteiger partial charge in [-0.15, -0.1) is 0 Å². The summed E-state index contributed by atoms with van der Waals surface area (Å²) in [6.07, 6.45) is 1.13. The van der Waals surface area contributed by atoms with E-state index in [1.165, 1.54) is 0 Å². The third-order valence-corrected chi connectivity index (χ3v) is 2.04. The number of carbonyl (C=O) groups is 1. The molecule has 0 atom stereocenters. The van der Waals surface area contributed by atoms with Crippen LogP contribution in [-0.4, -0.2) is 24.1 Å². The molecule has 82 valence electrons. The van der Waals surface area contributed by atoms with Crippen LogP contribution in [0.1, 0.15) is 12.0 Å². The molecule has 0 aliphatic rings. The molecule has 0 fully saturated rings. The molecule has 0 aliphatic heterocycles. The van der Waals surface area contributed by atoms with Crippen molar-refractivity contribution in [3.05, 3.63) is 29.8 Å². The highest BCUT2D eigenvalue weighted by molar-refractivity contribution is 5.75. The van der Waals surface area contributed by atoms with E-state index in [1.54, 1.807) is 12.1 Å². The van der Waals surface area contributed by atoms with E-state index in [9.17, 15) is 4.79 Å². The Morgan fingerprint density at radius 2 is 2.00 bits per heavy atom. The van der Waals surface area contributed by atoms with Crippen LogP contribution in [0.5, 0.6) is 5.75 Å². The molecule has 4 N–H and O–H groups in total. The standard InChI is InChI=1S/C11H16N2O2/c12-7-5-11(15)13-8-6-9-1-3-10(14)4-2-9/h1-4,14H,5-8,12H2,(H,13,15). The summed E-state index contributed by atoms with van der Waals surface area (Å²) in [7, 11) is 0. The number of benzene rings is 1. The minimum atomic E-state index is -0.0173. The van der Waals surface area contributed by atoms with Crippen LogP contribution in [0.4, 0.5) is 0 Å². The van der Waals surface area contributed by atoms with Gasteiger partial charge in [-0.1, -0.05) is 12.1 Å². The monoisotopic (exact) mass is 208 g/mol. The van der Waals surface area contributed by atoms with Crippen LogP contribution in [0.25, 0.3) is 0 Å². The van der Waals surface area contributed by atoms with Gasteiger partial charge >= 0.3 is 0 Å². The highest BCUT2D eigenvalue weighted by Crippen LogP contribution is 2.09. The number of nitrogens with two attached hydrogens (primary N) is 1. The van der Waals surface area contributed by atoms with E-state index in [2.05, 4.69) is 5.32 Å². The largest absolute Gasteiger partial charge is 0.508 e. The number of rotatable bonds is 5. The smallest absolute Gasteiger partial charge is 0.221 e. The summed E-state index contributed by atoms with van der Waals surface area (Å²) in [5, 5.41) is 11.8. The molecular weight excluding hydrogens is 192 g/mol. The van der Waals surface area contributed by atoms with Gasteiger partial charge in [0.15, 0.2) is 0 Å². The lowest BCUT2D eigenvalue weighted by atomic mass is 10.1. The zero-order valence-electron chi connectivity index (χ0n) is 8.57. The molecule has 0 unspecified atom stereocenters. The van der Waals surface area contributed by atoms with Crippen LogP contribution in [-0.2, 0) is 11.2 Å². The average molecular weight is 208 g/mol. The van der Waals surface area contributed by atoms with E-state index in [0.29, 0.717) is 19.5 Å². The molecule has 4 heteroatoms. The fourth-order valence-corrected chi connectivity index (χ4v) is 1.23. The number of carbonyl (C=O) groups excluding carboxylic acids is 1. The van der Waals surface area contributed by atoms with Gasteiger partial charge in [0.2, 0.25) is 5.91 Å². The summed E-state index contributed by atoms with van der Waals surface area (Å²) in [6.45, 7) is 0.981. The molecule has 1 aromatic carbocycles. The van der Waals surface area contributed by atoms with Gasteiger partial charge in [0.1, 0.15) is 5.75 Å². The van der Waals surface area contributed by atoms with Crippen LogP contribution in [0.3, 0.4) is 0 Å². The lowest BCUT2D eigenvalue weighted by Gasteiger charge is -2.04. The van der Waals surface area contributed by atoms with Crippen molar-refractivity contribution in [3.63, 3.8) is 0 Å². The van der Waals surface area contributed by atoms with Crippen molar-refractivity contribution in [2.45, 2.75) is 12.8 Å². The van der Waals surface area contributed by atoms with Crippen molar-refractivity contribution >= 4 is 5.91 Å². The number of nitrogens with one attached hydrogen (secondary N) is 1. The SMILES string of the molecule is NCCC(=O)NCCc1ccc(O)cc1. The second-order valence-electron chi connectivity index (χ2n) is 3.31. The molecule has 1 amide bonds. The Balaban J connectivity index is 2.26. The molecule has 0 aliphatic carbocycles. The Kier molecular flexibility index (Phi) is 4.63. The summed E-state index contributed by atoms with van der Waals surface area (Å²) in [5.74, 6) is 0.238. The van der Waals surface area contributed by atoms with Crippen molar-refractivity contribution in [1.82, 2.24) is 5.32 Å². The maximum atomic E-state index is 11.1. The summed E-state index contributed by atoms with van der Waals surface area (Å²) < 4.78 is 0. The summed E-state index contributed by atoms with van der Waals surface area (Å²) in [5.41, 5.74) is 6.32. The Morgan fingerprint density at radius 3 is 2.60 bits per heavy atom. The van der Waals surface area contributed by atoms with Gasteiger partial charge in [-0.3, -0.25) is 4.79 Å². The highest BCUT2D eigenvalue weighted by atomic mass is 16.3. The van der Waals surface area contributed by atoms with E-state index in [-0.39, 0.29) is 11.7 Å². The van der Waals surface area contributed by atoms with Gasteiger partial charge < -0.3 is 16.2 Å². The Labute approximate surface area is 89.1 Å². The molecule has 15 heavy (non-hydrogen) atoms. The van der Waals surface area contributed by atoms with Crippen molar-refractivity contribution < 1.29 is 9.90 Å². The van der Waals surface area contributed by atoms with Gasteiger partial charge in [0.05, 0.1) is 0 Å². The van der Waals surface area contributed by atoms with Gasteiger partial charge in [-0.2, -0.15) is 0 Å². The molecule has 0 saturated heterocycles. The third kappa shape index (κ3) is 4.46. The molecule has 0 aromatic heterocycles. The van der Waals surface area contributed by atoms with Crippen LogP contribution in [0, 0.1) is 0 Å². The van der Waals surface area contributed by atoms with Crippen molar-refractivity contribution in [1.29, 1.82) is 0 Å². The fraction of sp³-hybridized carbons (Fsp3) is 0.364. The van der Waals surface area contributed by atoms with Crippen LogP contribution < -0.4 is 11.1 Å². The molecular formula is C11H16N2O2. The summed E-state index contributed by atoms with van der Waals surface area (Å²) in [4.78, 5) is 11.1. The van der Waals surface area contributed by atoms with E-state index in [0.717, 1.165) is 12.0 Å². The highest BCUT2D eigenvalue weighted by Gasteiger charge is 1.98. The first kappa shape index (κ1) is 11.5. The number of amides is 1. The maximum Gasteiger partial charge on any atom is 0.221 e. The second-order valence-corrected chi connectivity index (χ2v) is 3.31. The third-order valence-electron chi connectivity index (χ3n) is 2.04. The topological polar surface area (TPSA) is 75.4 Å². The maximum absolute atomic E-state index is 11.1. The molecule has 1 aromatic rings. The zero-order chi connectivity index (χ0) is 11.1. The van der Waals surface area contributed by atoms with E-state index in [1.807, 2.05) is 12.1 Å². The van der Waals surface area contributed by atoms with Crippen molar-refractivity contribution in [2.24, 2.45) is 5.73 Å². The van der Waals surface area contributed by atoms with Gasteiger partial charge in [-0.25, -0.2) is 0 Å². The summed E-state index contributed by atoms with van der Waals surface area (Å²) in [6, 6.07) is 6.95. The number of phenolic OH excluding ortho intramolecular Hbond substituents is 1. The van der Waals surface area contributed by atoms with E-state index < -0.39 is 0 Å². The number of aromatic hydroxyl groups is 1. The summed E-state index contributed by atoms with van der Waals surface area (Å²) >= 11 is 0. The zero-order valence-corrected chi connectivity index (χ0v) is 8.57. The molecule has 0 bridgehead atoms. The Hall–Kier alpha value is -1.55. The quantitative estimate of drug-likeness (QED) is 0.655. The number of hydrogen-bond donors (Lipinski definition) is 3. The lowest BCUT2D eigenvalue weighted by molar-refractivity contribution is -0.120. The predicted octanol–water partition coefficient (Wildman–Crippen LogP) is 0.400. The molecule has 4 nitrogen and oxygen atoms in total. The normalized spacial score (nSPS) is 9.93. The molecule has 0 radical (unpaired) electrons. The van der Waals surface area contributed by atoms with Crippen molar-refractivity contribution in [2.75, 3.05) is 13.1 Å². The van der Waals surface area contributed by atoms with Gasteiger partial charge in [0, 0.05) is 19.5 Å². The average Bonchev–Trinajstić information content (AvgIpc) is 2.21. The van der Waals surface area contributed by atoms with Crippen molar-refractivity contribution in [3.8, 4) is 5.75 Å². The second kappa shape index (κ2) is 6.03. The first-order chi connectivity index (χ1) is 7.22. The molecule has 1 rings (SSSR count). The number of hydrogen-bond acceptors (Lipinski definition) is 3. The fourth-order valence-electron chi connectivity index (χ4n) is 1.23. The van der Waals surface area contributed by atoms with Crippen LogP contribution in [0.2, 0.25) is 0 Å². The number of phenols is 1. The lowest BCUT2D eigenvalue weighted by Crippen LogP contribution is -2.27. The molecule has 0 saturated carbocycles. The predicted molar refractivity (Wildman–Crippen MR) is 58.5 cm³/mol. The van der Waals surface area contributed by atoms with Crippen LogP contribution in [0.15, 0.2) is 24.3 Å². The minimum Gasteiger partial charge on any atom is -0.508 e. The van der Waals surface area contributed by atoms with Crippen LogP contribution >= 0.6 is 0 Å². The minimum absolute atomic E-state index is 0.0173. The van der Waals surface area contributed by atoms with E-state index in [4.69, 9.17) is 10.8 Å². The first-order valence-corrected chi connectivity index (χ1v) is 4.97. The first-order valence-electron chi connectivity index (χ1n) is 4.97. The molecule has 0 spiro atoms. The van der Waals surface area contributed by atoms with Gasteiger partial charge in [0.25, 0.3) is 0 Å². The molecule has 0 heterocycles. The Bertz CT molecular complexity index is 309. The van der Waals surface area contributed by atoms with Gasteiger partial charge in [-0.05, 0) is 24.1 Å². The van der Waals surface area contributed by atoms with E-state index >= 15 is 0 Å². The Morgan fingerprint density at radius 1 is 1.33 bits per heavy atom.